The lowest BCUT2D eigenvalue weighted by molar-refractivity contribution is -0.142. The van der Waals surface area contributed by atoms with Crippen LogP contribution in [-0.2, 0) is 4.79 Å². The molecule has 0 saturated heterocycles. The Labute approximate surface area is 144 Å². The smallest absolute Gasteiger partial charge is 0.329 e. The maximum absolute atomic E-state index is 12.6. The molecule has 0 spiro atoms. The summed E-state index contributed by atoms with van der Waals surface area (Å²) in [4.78, 5) is 24.2. The summed E-state index contributed by atoms with van der Waals surface area (Å²) >= 11 is 0. The maximum atomic E-state index is 12.6. The van der Waals surface area contributed by atoms with Crippen LogP contribution in [0.1, 0.15) is 22.0 Å². The molecule has 0 bridgehead atoms. The van der Waals surface area contributed by atoms with Gasteiger partial charge in [-0.3, -0.25) is 4.79 Å². The lowest BCUT2D eigenvalue weighted by atomic mass is 10.0. The largest absolute Gasteiger partial charge is 0.480 e. The normalized spacial score (nSPS) is 13.2. The van der Waals surface area contributed by atoms with E-state index in [-0.39, 0.29) is 0 Å². The van der Waals surface area contributed by atoms with E-state index in [1.807, 2.05) is 24.3 Å². The van der Waals surface area contributed by atoms with E-state index in [0.717, 1.165) is 10.8 Å². The first-order valence-electron chi connectivity index (χ1n) is 7.82. The number of benzene rings is 3. The van der Waals surface area contributed by atoms with Crippen molar-refractivity contribution in [3.63, 3.8) is 0 Å². The van der Waals surface area contributed by atoms with Gasteiger partial charge in [-0.05, 0) is 22.4 Å². The van der Waals surface area contributed by atoms with Gasteiger partial charge in [0.1, 0.15) is 6.10 Å². The number of carboxylic acids is 1. The summed E-state index contributed by atoms with van der Waals surface area (Å²) in [6.07, 6.45) is -1.35. The SMILES string of the molecule is O=C(NC(C(=O)O)C(O)c1ccccc1)c1cccc2ccccc12. The van der Waals surface area contributed by atoms with E-state index in [2.05, 4.69) is 5.32 Å². The molecule has 1 amide bonds. The van der Waals surface area contributed by atoms with Crippen LogP contribution in [0.5, 0.6) is 0 Å². The zero-order chi connectivity index (χ0) is 17.8. The molecule has 0 aliphatic rings. The molecule has 3 N–H and O–H groups in total. The van der Waals surface area contributed by atoms with Crippen LogP contribution in [0, 0.1) is 0 Å². The molecule has 0 aliphatic carbocycles. The van der Waals surface area contributed by atoms with E-state index in [4.69, 9.17) is 0 Å². The predicted molar refractivity (Wildman–Crippen MR) is 94.2 cm³/mol. The molecule has 3 aromatic rings. The average molecular weight is 335 g/mol. The molecule has 0 aliphatic heterocycles. The molecule has 0 saturated carbocycles. The Morgan fingerprint density at radius 1 is 0.840 bits per heavy atom. The van der Waals surface area contributed by atoms with Gasteiger partial charge in [-0.15, -0.1) is 0 Å². The van der Waals surface area contributed by atoms with Gasteiger partial charge in [-0.2, -0.15) is 0 Å². The standard InChI is InChI=1S/C20H17NO4/c22-18(14-8-2-1-3-9-14)17(20(24)25)21-19(23)16-12-6-10-13-7-4-5-11-15(13)16/h1-12,17-18,22H,(H,21,23)(H,24,25). The number of hydrogen-bond acceptors (Lipinski definition) is 3. The fourth-order valence-corrected chi connectivity index (χ4v) is 2.76. The third-order valence-electron chi connectivity index (χ3n) is 4.04. The zero-order valence-electron chi connectivity index (χ0n) is 13.3. The monoisotopic (exact) mass is 335 g/mol. The van der Waals surface area contributed by atoms with E-state index >= 15 is 0 Å². The van der Waals surface area contributed by atoms with Gasteiger partial charge in [-0.25, -0.2) is 4.79 Å². The minimum Gasteiger partial charge on any atom is -0.480 e. The second-order valence-electron chi connectivity index (χ2n) is 5.67. The second kappa shape index (κ2) is 7.15. The van der Waals surface area contributed by atoms with Crippen molar-refractivity contribution in [3.8, 4) is 0 Å². The lowest BCUT2D eigenvalue weighted by Gasteiger charge is -2.21. The van der Waals surface area contributed by atoms with Crippen molar-refractivity contribution in [2.45, 2.75) is 12.1 Å². The van der Waals surface area contributed by atoms with E-state index in [1.165, 1.54) is 0 Å². The number of fused-ring (bicyclic) bond motifs is 1. The molecular formula is C20H17NO4. The Hall–Kier alpha value is -3.18. The molecule has 5 nitrogen and oxygen atoms in total. The quantitative estimate of drug-likeness (QED) is 0.669. The van der Waals surface area contributed by atoms with E-state index in [9.17, 15) is 19.8 Å². The van der Waals surface area contributed by atoms with Crippen LogP contribution < -0.4 is 5.32 Å². The van der Waals surface area contributed by atoms with Crippen molar-refractivity contribution in [2.75, 3.05) is 0 Å². The number of carbonyl (C=O) groups is 2. The highest BCUT2D eigenvalue weighted by Crippen LogP contribution is 2.21. The summed E-state index contributed by atoms with van der Waals surface area (Å²) in [5.74, 6) is -1.84. The molecule has 3 rings (SSSR count). The fraction of sp³-hybridized carbons (Fsp3) is 0.100. The summed E-state index contributed by atoms with van der Waals surface area (Å²) in [6, 6.07) is 19.5. The van der Waals surface area contributed by atoms with Crippen molar-refractivity contribution in [1.82, 2.24) is 5.32 Å². The van der Waals surface area contributed by atoms with Crippen LogP contribution in [0.2, 0.25) is 0 Å². The van der Waals surface area contributed by atoms with Crippen molar-refractivity contribution in [3.05, 3.63) is 83.9 Å². The molecule has 2 atom stereocenters. The molecule has 3 aromatic carbocycles. The van der Waals surface area contributed by atoms with E-state index < -0.39 is 24.0 Å². The van der Waals surface area contributed by atoms with Gasteiger partial charge in [0.25, 0.3) is 5.91 Å². The zero-order valence-corrected chi connectivity index (χ0v) is 13.3. The number of carboxylic acid groups (broad SMARTS) is 1. The van der Waals surface area contributed by atoms with Crippen LogP contribution in [0.4, 0.5) is 0 Å². The maximum Gasteiger partial charge on any atom is 0.329 e. The number of amides is 1. The summed E-state index contributed by atoms with van der Waals surface area (Å²) in [5.41, 5.74) is 0.790. The van der Waals surface area contributed by atoms with E-state index in [1.54, 1.807) is 48.5 Å². The Morgan fingerprint density at radius 2 is 1.48 bits per heavy atom. The minimum absolute atomic E-state index is 0.365. The lowest BCUT2D eigenvalue weighted by Crippen LogP contribution is -2.45. The Morgan fingerprint density at radius 3 is 2.20 bits per heavy atom. The molecular weight excluding hydrogens is 318 g/mol. The Bertz CT molecular complexity index is 902. The van der Waals surface area contributed by atoms with Crippen molar-refractivity contribution < 1.29 is 19.8 Å². The van der Waals surface area contributed by atoms with E-state index in [0.29, 0.717) is 11.1 Å². The number of carbonyl (C=O) groups excluding carboxylic acids is 1. The second-order valence-corrected chi connectivity index (χ2v) is 5.67. The van der Waals surface area contributed by atoms with Crippen LogP contribution in [0.3, 0.4) is 0 Å². The first kappa shape index (κ1) is 16.7. The van der Waals surface area contributed by atoms with Crippen LogP contribution >= 0.6 is 0 Å². The van der Waals surface area contributed by atoms with Crippen LogP contribution in [0.25, 0.3) is 10.8 Å². The number of hydrogen-bond donors (Lipinski definition) is 3. The van der Waals surface area contributed by atoms with Crippen molar-refractivity contribution in [2.24, 2.45) is 0 Å². The van der Waals surface area contributed by atoms with Gasteiger partial charge in [0.15, 0.2) is 6.04 Å². The van der Waals surface area contributed by atoms with Gasteiger partial charge in [0, 0.05) is 5.56 Å². The Balaban J connectivity index is 1.90. The predicted octanol–water partition coefficient (Wildman–Crippen LogP) is 2.76. The highest BCUT2D eigenvalue weighted by molar-refractivity contribution is 6.07. The third kappa shape index (κ3) is 3.51. The number of rotatable bonds is 5. The first-order valence-corrected chi connectivity index (χ1v) is 7.82. The molecule has 0 heterocycles. The molecule has 0 radical (unpaired) electrons. The van der Waals surface area contributed by atoms with Gasteiger partial charge >= 0.3 is 5.97 Å². The summed E-state index contributed by atoms with van der Waals surface area (Å²) in [5, 5.41) is 23.8. The van der Waals surface area contributed by atoms with Crippen LogP contribution in [-0.4, -0.2) is 28.1 Å². The molecule has 5 heteroatoms. The van der Waals surface area contributed by atoms with Crippen LogP contribution in [0.15, 0.2) is 72.8 Å². The summed E-state index contributed by atoms with van der Waals surface area (Å²) < 4.78 is 0. The molecule has 25 heavy (non-hydrogen) atoms. The van der Waals surface area contributed by atoms with Gasteiger partial charge in [-0.1, -0.05) is 66.7 Å². The van der Waals surface area contributed by atoms with Gasteiger partial charge in [0.05, 0.1) is 0 Å². The number of aliphatic hydroxyl groups excluding tert-OH is 1. The summed E-state index contributed by atoms with van der Waals surface area (Å²) in [7, 11) is 0. The van der Waals surface area contributed by atoms with Crippen molar-refractivity contribution >= 4 is 22.6 Å². The minimum atomic E-state index is -1.45. The molecule has 0 fully saturated rings. The first-order chi connectivity index (χ1) is 12.1. The molecule has 126 valence electrons. The summed E-state index contributed by atoms with van der Waals surface area (Å²) in [6.45, 7) is 0. The number of nitrogens with one attached hydrogen (secondary N) is 1. The van der Waals surface area contributed by atoms with Gasteiger partial charge < -0.3 is 15.5 Å². The third-order valence-corrected chi connectivity index (χ3v) is 4.04. The highest BCUT2D eigenvalue weighted by atomic mass is 16.4. The Kier molecular flexibility index (Phi) is 4.77. The number of aliphatic hydroxyl groups is 1. The van der Waals surface area contributed by atoms with Gasteiger partial charge in [0.2, 0.25) is 0 Å². The highest BCUT2D eigenvalue weighted by Gasteiger charge is 2.30. The number of aliphatic carboxylic acids is 1. The van der Waals surface area contributed by atoms with Crippen molar-refractivity contribution in [1.29, 1.82) is 0 Å². The molecule has 0 aromatic heterocycles. The fourth-order valence-electron chi connectivity index (χ4n) is 2.76. The average Bonchev–Trinajstić information content (AvgIpc) is 2.65. The topological polar surface area (TPSA) is 86.6 Å². The molecule has 2 unspecified atom stereocenters.